The Labute approximate surface area is 223 Å². The zero-order valence-corrected chi connectivity index (χ0v) is 20.6. The van der Waals surface area contributed by atoms with Crippen molar-refractivity contribution in [1.82, 2.24) is 10.3 Å². The van der Waals surface area contributed by atoms with Crippen molar-refractivity contribution in [3.63, 3.8) is 0 Å². The summed E-state index contributed by atoms with van der Waals surface area (Å²) in [6, 6.07) is 15.2. The Morgan fingerprint density at radius 3 is 1.85 bits per heavy atom. The number of nitrogens with zero attached hydrogens (tertiary/aromatic N) is 1. The molecule has 0 aliphatic heterocycles. The molecule has 0 aliphatic carbocycles. The smallest absolute Gasteiger partial charge is 0.298 e. The molecule has 1 atom stereocenters. The van der Waals surface area contributed by atoms with Gasteiger partial charge in [0.2, 0.25) is 0 Å². The monoisotopic (exact) mass is 570 g/mol. The van der Waals surface area contributed by atoms with Crippen LogP contribution in [0.25, 0.3) is 0 Å². The number of hydrogen-bond donors (Lipinski definition) is 1. The topological polar surface area (TPSA) is 24.9 Å². The molecule has 1 heterocycles. The predicted molar refractivity (Wildman–Crippen MR) is 130 cm³/mol. The molecule has 39 heavy (non-hydrogen) atoms. The van der Waals surface area contributed by atoms with E-state index in [9.17, 15) is 35.1 Å². The van der Waals surface area contributed by atoms with E-state index in [0.717, 1.165) is 24.3 Å². The summed E-state index contributed by atoms with van der Waals surface area (Å²) < 4.78 is 110. The Hall–Kier alpha value is -3.50. The van der Waals surface area contributed by atoms with Crippen molar-refractivity contribution in [2.45, 2.75) is 30.9 Å². The lowest BCUT2D eigenvalue weighted by molar-refractivity contribution is -0.138. The van der Waals surface area contributed by atoms with Crippen molar-refractivity contribution < 1.29 is 35.1 Å². The summed E-state index contributed by atoms with van der Waals surface area (Å²) in [4.78, 5) is 4.28. The van der Waals surface area contributed by atoms with Gasteiger partial charge in [-0.15, -0.1) is 0 Å². The highest BCUT2D eigenvalue weighted by Gasteiger charge is 2.40. The van der Waals surface area contributed by atoms with Crippen molar-refractivity contribution >= 4 is 11.6 Å². The van der Waals surface area contributed by atoms with Crippen LogP contribution in [0.3, 0.4) is 0 Å². The Morgan fingerprint density at radius 1 is 0.667 bits per heavy atom. The summed E-state index contributed by atoms with van der Waals surface area (Å²) in [6.07, 6.45) is -8.58. The maximum Gasteiger partial charge on any atom is 0.416 e. The highest BCUT2D eigenvalue weighted by Crippen LogP contribution is 2.38. The zero-order valence-electron chi connectivity index (χ0n) is 19.8. The molecule has 0 spiro atoms. The van der Waals surface area contributed by atoms with Crippen LogP contribution < -0.4 is 5.32 Å². The van der Waals surface area contributed by atoms with E-state index in [4.69, 9.17) is 11.6 Å². The van der Waals surface area contributed by atoms with Crippen molar-refractivity contribution in [2.24, 2.45) is 0 Å². The van der Waals surface area contributed by atoms with Crippen LogP contribution in [0, 0.1) is 11.6 Å². The molecule has 204 valence electrons. The van der Waals surface area contributed by atoms with Crippen LogP contribution in [0.5, 0.6) is 0 Å². The molecular weight excluding hydrogens is 552 g/mol. The summed E-state index contributed by atoms with van der Waals surface area (Å²) >= 11 is 5.99. The number of nitrogens with one attached hydrogen (secondary N) is 1. The van der Waals surface area contributed by atoms with Gasteiger partial charge in [-0.25, -0.2) is 8.78 Å². The van der Waals surface area contributed by atoms with Crippen molar-refractivity contribution in [2.75, 3.05) is 0 Å². The fraction of sp³-hybridized carbons (Fsp3) is 0.179. The van der Waals surface area contributed by atoms with Gasteiger partial charge in [0.1, 0.15) is 11.6 Å². The molecule has 0 radical (unpaired) electrons. The lowest BCUT2D eigenvalue weighted by atomic mass is 9.79. The fourth-order valence-electron chi connectivity index (χ4n) is 4.29. The van der Waals surface area contributed by atoms with Crippen LogP contribution in [0.4, 0.5) is 35.1 Å². The standard InChI is InChI=1S/C28H19ClF8N2/c29-22-6-7-25(38-16-22)26(14-17-4-2-1-3-5-17,19-10-21(28(35,36)37)13-24(31)11-19)39-15-18-8-20(27(32,33)34)12-23(30)9-18/h1-13,16,39H,14-15H2. The molecule has 4 rings (SSSR count). The highest BCUT2D eigenvalue weighted by molar-refractivity contribution is 6.30. The second-order valence-electron chi connectivity index (χ2n) is 8.86. The minimum atomic E-state index is -4.90. The van der Waals surface area contributed by atoms with Gasteiger partial charge in [-0.3, -0.25) is 10.3 Å². The van der Waals surface area contributed by atoms with E-state index in [2.05, 4.69) is 10.3 Å². The van der Waals surface area contributed by atoms with Gasteiger partial charge in [-0.1, -0.05) is 41.9 Å². The molecule has 3 aromatic carbocycles. The van der Waals surface area contributed by atoms with Gasteiger partial charge < -0.3 is 0 Å². The summed E-state index contributed by atoms with van der Waals surface area (Å²) in [7, 11) is 0. The van der Waals surface area contributed by atoms with Gasteiger partial charge in [-0.2, -0.15) is 26.3 Å². The zero-order chi connectivity index (χ0) is 28.4. The molecule has 0 amide bonds. The molecule has 0 aliphatic rings. The van der Waals surface area contributed by atoms with Gasteiger partial charge in [0, 0.05) is 19.2 Å². The average Bonchev–Trinajstić information content (AvgIpc) is 2.86. The summed E-state index contributed by atoms with van der Waals surface area (Å²) in [5.74, 6) is -2.33. The molecule has 0 bridgehead atoms. The predicted octanol–water partition coefficient (Wildman–Crippen LogP) is 8.33. The molecule has 2 nitrogen and oxygen atoms in total. The summed E-state index contributed by atoms with van der Waals surface area (Å²) in [5.41, 5.74) is -3.84. The third-order valence-corrected chi connectivity index (χ3v) is 6.30. The molecule has 4 aromatic rings. The minimum Gasteiger partial charge on any atom is -0.298 e. The van der Waals surface area contributed by atoms with Crippen LogP contribution in [-0.4, -0.2) is 4.98 Å². The van der Waals surface area contributed by atoms with E-state index >= 15 is 0 Å². The van der Waals surface area contributed by atoms with E-state index < -0.39 is 47.2 Å². The molecule has 1 aromatic heterocycles. The van der Waals surface area contributed by atoms with E-state index in [1.165, 1.54) is 18.3 Å². The minimum absolute atomic E-state index is 0.0926. The first-order valence-corrected chi connectivity index (χ1v) is 11.8. The Balaban J connectivity index is 1.93. The number of pyridine rings is 1. The number of alkyl halides is 6. The van der Waals surface area contributed by atoms with Crippen LogP contribution in [0.15, 0.2) is 85.1 Å². The third-order valence-electron chi connectivity index (χ3n) is 6.07. The van der Waals surface area contributed by atoms with Gasteiger partial charge in [0.15, 0.2) is 0 Å². The van der Waals surface area contributed by atoms with E-state index in [1.807, 2.05) is 0 Å². The molecule has 0 saturated carbocycles. The Bertz CT molecular complexity index is 1440. The van der Waals surface area contributed by atoms with E-state index in [-0.39, 0.29) is 28.3 Å². The summed E-state index contributed by atoms with van der Waals surface area (Å²) in [6.45, 7) is -0.435. The first-order chi connectivity index (χ1) is 18.3. The van der Waals surface area contributed by atoms with Crippen LogP contribution in [0.2, 0.25) is 5.02 Å². The third kappa shape index (κ3) is 6.75. The quantitative estimate of drug-likeness (QED) is 0.226. The van der Waals surface area contributed by atoms with E-state index in [0.29, 0.717) is 17.7 Å². The van der Waals surface area contributed by atoms with Crippen molar-refractivity contribution in [1.29, 1.82) is 0 Å². The van der Waals surface area contributed by atoms with Crippen molar-refractivity contribution in [3.05, 3.63) is 135 Å². The van der Waals surface area contributed by atoms with Crippen LogP contribution >= 0.6 is 11.6 Å². The van der Waals surface area contributed by atoms with Gasteiger partial charge in [0.05, 0.1) is 27.4 Å². The first-order valence-electron chi connectivity index (χ1n) is 11.4. The van der Waals surface area contributed by atoms with Crippen molar-refractivity contribution in [3.8, 4) is 0 Å². The number of halogens is 9. The summed E-state index contributed by atoms with van der Waals surface area (Å²) in [5, 5.41) is 3.20. The molecule has 1 N–H and O–H groups in total. The molecular formula is C28H19ClF8N2. The SMILES string of the molecule is Fc1cc(CNC(Cc2ccccc2)(c2cc(F)cc(C(F)(F)F)c2)c2ccc(Cl)cn2)cc(C(F)(F)F)c1. The molecule has 0 fully saturated rings. The molecule has 0 saturated heterocycles. The number of hydrogen-bond acceptors (Lipinski definition) is 2. The second-order valence-corrected chi connectivity index (χ2v) is 9.29. The lowest BCUT2D eigenvalue weighted by Crippen LogP contribution is -2.46. The normalized spacial score (nSPS) is 13.8. The largest absolute Gasteiger partial charge is 0.416 e. The van der Waals surface area contributed by atoms with Gasteiger partial charge >= 0.3 is 12.4 Å². The molecule has 11 heteroatoms. The van der Waals surface area contributed by atoms with Crippen LogP contribution in [-0.2, 0) is 30.9 Å². The van der Waals surface area contributed by atoms with Gasteiger partial charge in [-0.05, 0) is 65.2 Å². The first kappa shape index (κ1) is 28.5. The maximum absolute atomic E-state index is 14.7. The fourth-order valence-corrected chi connectivity index (χ4v) is 4.41. The maximum atomic E-state index is 14.7. The van der Waals surface area contributed by atoms with E-state index in [1.54, 1.807) is 30.3 Å². The average molecular weight is 571 g/mol. The Kier molecular flexibility index (Phi) is 7.99. The number of benzene rings is 3. The number of rotatable bonds is 7. The van der Waals surface area contributed by atoms with Crippen LogP contribution in [0.1, 0.15) is 33.5 Å². The van der Waals surface area contributed by atoms with Gasteiger partial charge in [0.25, 0.3) is 0 Å². The lowest BCUT2D eigenvalue weighted by Gasteiger charge is -2.36. The highest BCUT2D eigenvalue weighted by atomic mass is 35.5. The molecule has 1 unspecified atom stereocenters. The Morgan fingerprint density at radius 2 is 1.26 bits per heavy atom. The second kappa shape index (κ2) is 10.9. The number of aromatic nitrogens is 1.